The maximum Gasteiger partial charge on any atom is 0.242 e. The second-order valence-electron chi connectivity index (χ2n) is 4.12. The minimum atomic E-state index is -3.47. The van der Waals surface area contributed by atoms with Crippen molar-refractivity contribution in [3.05, 3.63) is 22.7 Å². The smallest absolute Gasteiger partial charge is 0.242 e. The van der Waals surface area contributed by atoms with E-state index in [0.717, 1.165) is 10.9 Å². The van der Waals surface area contributed by atoms with Crippen molar-refractivity contribution in [3.63, 3.8) is 0 Å². The highest BCUT2D eigenvalue weighted by Crippen LogP contribution is 2.31. The van der Waals surface area contributed by atoms with E-state index >= 15 is 0 Å². The summed E-state index contributed by atoms with van der Waals surface area (Å²) in [6.07, 6.45) is 0.898. The van der Waals surface area contributed by atoms with Crippen LogP contribution in [0.1, 0.15) is 13.3 Å². The number of hydrogen-bond donors (Lipinski definition) is 2. The van der Waals surface area contributed by atoms with E-state index in [2.05, 4.69) is 20.7 Å². The molecule has 6 heteroatoms. The molecule has 1 fully saturated rings. The van der Waals surface area contributed by atoms with E-state index in [0.29, 0.717) is 5.92 Å². The third-order valence-corrected chi connectivity index (χ3v) is 4.73. The fraction of sp³-hybridized carbons (Fsp3) is 0.400. The molecule has 0 aromatic heterocycles. The molecule has 1 aliphatic rings. The van der Waals surface area contributed by atoms with Crippen LogP contribution in [0.25, 0.3) is 0 Å². The van der Waals surface area contributed by atoms with E-state index in [4.69, 9.17) is 5.73 Å². The van der Waals surface area contributed by atoms with Gasteiger partial charge in [-0.15, -0.1) is 0 Å². The minimum absolute atomic E-state index is 0.0630. The highest BCUT2D eigenvalue weighted by atomic mass is 79.9. The second-order valence-corrected chi connectivity index (χ2v) is 6.72. The summed E-state index contributed by atoms with van der Waals surface area (Å²) in [4.78, 5) is 0.148. The summed E-state index contributed by atoms with van der Waals surface area (Å²) in [5, 5.41) is 0. The maximum atomic E-state index is 12.0. The molecule has 88 valence electrons. The fourth-order valence-electron chi connectivity index (χ4n) is 1.51. The average molecular weight is 305 g/mol. The molecule has 0 aliphatic heterocycles. The van der Waals surface area contributed by atoms with Crippen molar-refractivity contribution in [1.29, 1.82) is 0 Å². The van der Waals surface area contributed by atoms with Gasteiger partial charge in [-0.2, -0.15) is 0 Å². The zero-order valence-electron chi connectivity index (χ0n) is 8.77. The SMILES string of the molecule is CC1CC1NS(=O)(=O)c1ccc(Br)cc1N. The molecule has 2 unspecified atom stereocenters. The van der Waals surface area contributed by atoms with Gasteiger partial charge < -0.3 is 5.73 Å². The van der Waals surface area contributed by atoms with E-state index in [1.54, 1.807) is 12.1 Å². The number of halogens is 1. The zero-order chi connectivity index (χ0) is 11.9. The molecule has 0 heterocycles. The van der Waals surface area contributed by atoms with Crippen LogP contribution in [0.4, 0.5) is 5.69 Å². The van der Waals surface area contributed by atoms with E-state index in [1.165, 1.54) is 6.07 Å². The number of nitrogen functional groups attached to an aromatic ring is 1. The van der Waals surface area contributed by atoms with Gasteiger partial charge in [0, 0.05) is 10.5 Å². The van der Waals surface area contributed by atoms with Gasteiger partial charge >= 0.3 is 0 Å². The number of hydrogen-bond acceptors (Lipinski definition) is 3. The van der Waals surface area contributed by atoms with E-state index in [9.17, 15) is 8.42 Å². The van der Waals surface area contributed by atoms with Crippen LogP contribution in [-0.4, -0.2) is 14.5 Å². The Kier molecular flexibility index (Phi) is 2.98. The Morgan fingerprint density at radius 1 is 1.50 bits per heavy atom. The van der Waals surface area contributed by atoms with Crippen molar-refractivity contribution in [2.75, 3.05) is 5.73 Å². The fourth-order valence-corrected chi connectivity index (χ4v) is 3.36. The van der Waals surface area contributed by atoms with E-state index in [-0.39, 0.29) is 16.6 Å². The molecule has 1 aromatic rings. The Balaban J connectivity index is 2.28. The first-order chi connectivity index (χ1) is 7.40. The summed E-state index contributed by atoms with van der Waals surface area (Å²) >= 11 is 3.24. The van der Waals surface area contributed by atoms with Crippen LogP contribution in [0.15, 0.2) is 27.6 Å². The van der Waals surface area contributed by atoms with Gasteiger partial charge in [0.1, 0.15) is 4.90 Å². The van der Waals surface area contributed by atoms with Crippen molar-refractivity contribution in [1.82, 2.24) is 4.72 Å². The number of benzene rings is 1. The molecule has 0 saturated heterocycles. The summed E-state index contributed by atoms with van der Waals surface area (Å²) in [7, 11) is -3.47. The van der Waals surface area contributed by atoms with Gasteiger partial charge in [0.25, 0.3) is 0 Å². The van der Waals surface area contributed by atoms with Crippen molar-refractivity contribution in [3.8, 4) is 0 Å². The first-order valence-electron chi connectivity index (χ1n) is 4.97. The molecule has 1 aromatic carbocycles. The molecule has 0 amide bonds. The molecular weight excluding hydrogens is 292 g/mol. The summed E-state index contributed by atoms with van der Waals surface area (Å²) in [5.41, 5.74) is 5.95. The van der Waals surface area contributed by atoms with E-state index < -0.39 is 10.0 Å². The van der Waals surface area contributed by atoms with Crippen molar-refractivity contribution >= 4 is 31.6 Å². The average Bonchev–Trinajstić information content (AvgIpc) is 2.79. The van der Waals surface area contributed by atoms with Crippen LogP contribution in [0.2, 0.25) is 0 Å². The van der Waals surface area contributed by atoms with Gasteiger partial charge in [0.2, 0.25) is 10.0 Å². The number of nitrogens with one attached hydrogen (secondary N) is 1. The van der Waals surface area contributed by atoms with Crippen molar-refractivity contribution < 1.29 is 8.42 Å². The summed E-state index contributed by atoms with van der Waals surface area (Å²) < 4.78 is 27.3. The van der Waals surface area contributed by atoms with Crippen LogP contribution < -0.4 is 10.5 Å². The van der Waals surface area contributed by atoms with Gasteiger partial charge in [0.15, 0.2) is 0 Å². The molecule has 16 heavy (non-hydrogen) atoms. The first kappa shape index (κ1) is 11.9. The minimum Gasteiger partial charge on any atom is -0.398 e. The lowest BCUT2D eigenvalue weighted by atomic mass is 10.3. The van der Waals surface area contributed by atoms with Gasteiger partial charge in [0.05, 0.1) is 5.69 Å². The number of nitrogens with two attached hydrogens (primary N) is 1. The molecule has 2 rings (SSSR count). The second kappa shape index (κ2) is 4.01. The first-order valence-corrected chi connectivity index (χ1v) is 7.25. The molecule has 1 aliphatic carbocycles. The summed E-state index contributed by atoms with van der Waals surface area (Å²) in [6.45, 7) is 2.01. The lowest BCUT2D eigenvalue weighted by molar-refractivity contribution is 0.579. The molecule has 3 N–H and O–H groups in total. The summed E-state index contributed by atoms with van der Waals surface area (Å²) in [6, 6.07) is 4.83. The standard InChI is InChI=1S/C10H13BrN2O2S/c1-6-4-9(6)13-16(14,15)10-3-2-7(11)5-8(10)12/h2-3,5-6,9,13H,4,12H2,1H3. The van der Waals surface area contributed by atoms with Gasteiger partial charge in [-0.1, -0.05) is 22.9 Å². The number of anilines is 1. The largest absolute Gasteiger partial charge is 0.398 e. The zero-order valence-corrected chi connectivity index (χ0v) is 11.2. The lowest BCUT2D eigenvalue weighted by Crippen LogP contribution is -2.27. The predicted molar refractivity (Wildman–Crippen MR) is 66.4 cm³/mol. The Morgan fingerprint density at radius 2 is 2.12 bits per heavy atom. The third-order valence-electron chi connectivity index (χ3n) is 2.68. The van der Waals surface area contributed by atoms with Gasteiger partial charge in [-0.25, -0.2) is 13.1 Å². The topological polar surface area (TPSA) is 72.2 Å². The van der Waals surface area contributed by atoms with E-state index in [1.807, 2.05) is 6.92 Å². The van der Waals surface area contributed by atoms with Crippen molar-refractivity contribution in [2.45, 2.75) is 24.3 Å². The Morgan fingerprint density at radius 3 is 2.62 bits per heavy atom. The van der Waals surface area contributed by atoms with Crippen LogP contribution in [-0.2, 0) is 10.0 Å². The molecule has 2 atom stereocenters. The third kappa shape index (κ3) is 2.39. The van der Waals surface area contributed by atoms with Gasteiger partial charge in [-0.05, 0) is 30.5 Å². The molecule has 0 radical (unpaired) electrons. The Bertz CT molecular complexity index is 516. The summed E-state index contributed by atoms with van der Waals surface area (Å²) in [5.74, 6) is 0.423. The van der Waals surface area contributed by atoms with Crippen LogP contribution in [0, 0.1) is 5.92 Å². The number of rotatable bonds is 3. The highest BCUT2D eigenvalue weighted by Gasteiger charge is 2.36. The quantitative estimate of drug-likeness (QED) is 0.835. The van der Waals surface area contributed by atoms with Crippen LogP contribution in [0.3, 0.4) is 0 Å². The number of sulfonamides is 1. The maximum absolute atomic E-state index is 12.0. The molecule has 0 spiro atoms. The molecule has 1 saturated carbocycles. The van der Waals surface area contributed by atoms with Crippen LogP contribution >= 0.6 is 15.9 Å². The Labute approximate surface area is 103 Å². The molecular formula is C10H13BrN2O2S. The monoisotopic (exact) mass is 304 g/mol. The lowest BCUT2D eigenvalue weighted by Gasteiger charge is -2.08. The highest BCUT2D eigenvalue weighted by molar-refractivity contribution is 9.10. The molecule has 4 nitrogen and oxygen atoms in total. The normalized spacial score (nSPS) is 24.4. The molecule has 0 bridgehead atoms. The predicted octanol–water partition coefficient (Wildman–Crippen LogP) is 1.72. The van der Waals surface area contributed by atoms with Crippen LogP contribution in [0.5, 0.6) is 0 Å². The Hall–Kier alpha value is -0.590. The van der Waals surface area contributed by atoms with Crippen molar-refractivity contribution in [2.24, 2.45) is 5.92 Å². The van der Waals surface area contributed by atoms with Gasteiger partial charge in [-0.3, -0.25) is 0 Å².